The lowest BCUT2D eigenvalue weighted by Gasteiger charge is -2.09. The second-order valence-electron chi connectivity index (χ2n) is 6.19. The molecule has 0 bridgehead atoms. The van der Waals surface area contributed by atoms with E-state index >= 15 is 0 Å². The smallest absolute Gasteiger partial charge is 0.326 e. The monoisotopic (exact) mass is 399 g/mol. The van der Waals surface area contributed by atoms with Crippen molar-refractivity contribution >= 4 is 23.2 Å². The molecule has 0 aliphatic rings. The van der Waals surface area contributed by atoms with Crippen molar-refractivity contribution < 1.29 is 22.8 Å². The van der Waals surface area contributed by atoms with Gasteiger partial charge in [0.2, 0.25) is 5.91 Å². The SMILES string of the molecule is O=C(Cc1ccc(C(F)(F)F)cc1)Nc1cccc(C(=O)Nc2ccncc2)c1. The summed E-state index contributed by atoms with van der Waals surface area (Å²) in [6.45, 7) is 0. The highest BCUT2D eigenvalue weighted by Crippen LogP contribution is 2.29. The molecule has 2 N–H and O–H groups in total. The van der Waals surface area contributed by atoms with Crippen LogP contribution in [0.15, 0.2) is 73.1 Å². The molecule has 0 saturated carbocycles. The number of benzene rings is 2. The van der Waals surface area contributed by atoms with E-state index in [4.69, 9.17) is 0 Å². The Morgan fingerprint density at radius 1 is 0.862 bits per heavy atom. The van der Waals surface area contributed by atoms with E-state index in [1.54, 1.807) is 42.7 Å². The molecule has 0 fully saturated rings. The van der Waals surface area contributed by atoms with Crippen LogP contribution in [0, 0.1) is 0 Å². The van der Waals surface area contributed by atoms with Gasteiger partial charge in [-0.25, -0.2) is 0 Å². The lowest BCUT2D eigenvalue weighted by atomic mass is 10.1. The molecule has 1 aromatic heterocycles. The first kappa shape index (κ1) is 20.1. The Bertz CT molecular complexity index is 1000. The van der Waals surface area contributed by atoms with Gasteiger partial charge in [-0.05, 0) is 48.0 Å². The van der Waals surface area contributed by atoms with Crippen molar-refractivity contribution in [2.75, 3.05) is 10.6 Å². The molecule has 0 unspecified atom stereocenters. The van der Waals surface area contributed by atoms with E-state index in [1.807, 2.05) is 0 Å². The second kappa shape index (κ2) is 8.55. The number of alkyl halides is 3. The van der Waals surface area contributed by atoms with Crippen molar-refractivity contribution in [1.82, 2.24) is 4.98 Å². The summed E-state index contributed by atoms with van der Waals surface area (Å²) in [5.41, 5.74) is 1.01. The number of nitrogens with one attached hydrogen (secondary N) is 2. The molecule has 0 aliphatic carbocycles. The number of halogens is 3. The van der Waals surface area contributed by atoms with Crippen molar-refractivity contribution in [3.05, 3.63) is 89.7 Å². The Labute approximate surface area is 164 Å². The van der Waals surface area contributed by atoms with Crippen LogP contribution in [-0.2, 0) is 17.4 Å². The van der Waals surface area contributed by atoms with Gasteiger partial charge in [0, 0.05) is 29.3 Å². The number of aromatic nitrogens is 1. The predicted octanol–water partition coefficient (Wildman–Crippen LogP) is 4.53. The number of carbonyl (C=O) groups excluding carboxylic acids is 2. The van der Waals surface area contributed by atoms with Gasteiger partial charge in [0.15, 0.2) is 0 Å². The van der Waals surface area contributed by atoms with E-state index in [0.717, 1.165) is 12.1 Å². The minimum absolute atomic E-state index is 0.0917. The summed E-state index contributed by atoms with van der Waals surface area (Å²) in [6, 6.07) is 14.1. The highest BCUT2D eigenvalue weighted by Gasteiger charge is 2.29. The van der Waals surface area contributed by atoms with Crippen LogP contribution >= 0.6 is 0 Å². The molecule has 3 rings (SSSR count). The van der Waals surface area contributed by atoms with E-state index in [0.29, 0.717) is 22.5 Å². The lowest BCUT2D eigenvalue weighted by molar-refractivity contribution is -0.137. The van der Waals surface area contributed by atoms with Crippen LogP contribution in [0.25, 0.3) is 0 Å². The highest BCUT2D eigenvalue weighted by atomic mass is 19.4. The predicted molar refractivity (Wildman–Crippen MR) is 102 cm³/mol. The van der Waals surface area contributed by atoms with Crippen molar-refractivity contribution in [2.24, 2.45) is 0 Å². The molecule has 0 aliphatic heterocycles. The molecule has 2 aromatic carbocycles. The summed E-state index contributed by atoms with van der Waals surface area (Å²) < 4.78 is 37.8. The molecular formula is C21H16F3N3O2. The number of nitrogens with zero attached hydrogens (tertiary/aromatic N) is 1. The Kier molecular flexibility index (Phi) is 5.92. The third kappa shape index (κ3) is 5.65. The van der Waals surface area contributed by atoms with Crippen LogP contribution in [0.4, 0.5) is 24.5 Å². The Balaban J connectivity index is 1.62. The molecule has 0 atom stereocenters. The number of carbonyl (C=O) groups is 2. The number of pyridine rings is 1. The van der Waals surface area contributed by atoms with Gasteiger partial charge in [-0.1, -0.05) is 18.2 Å². The Morgan fingerprint density at radius 2 is 1.55 bits per heavy atom. The average molecular weight is 399 g/mol. The molecule has 0 saturated heterocycles. The van der Waals surface area contributed by atoms with Crippen LogP contribution < -0.4 is 10.6 Å². The fraction of sp³-hybridized carbons (Fsp3) is 0.0952. The molecule has 148 valence electrons. The maximum absolute atomic E-state index is 12.6. The summed E-state index contributed by atoms with van der Waals surface area (Å²) >= 11 is 0. The zero-order valence-corrected chi connectivity index (χ0v) is 15.0. The summed E-state index contributed by atoms with van der Waals surface area (Å²) in [5.74, 6) is -0.758. The fourth-order valence-corrected chi connectivity index (χ4v) is 2.58. The molecule has 0 radical (unpaired) electrons. The summed E-state index contributed by atoms with van der Waals surface area (Å²) in [4.78, 5) is 28.4. The summed E-state index contributed by atoms with van der Waals surface area (Å²) in [5, 5.41) is 5.36. The first-order chi connectivity index (χ1) is 13.8. The van der Waals surface area contributed by atoms with Gasteiger partial charge >= 0.3 is 6.18 Å². The number of rotatable bonds is 5. The minimum Gasteiger partial charge on any atom is -0.326 e. The van der Waals surface area contributed by atoms with Crippen molar-refractivity contribution in [2.45, 2.75) is 12.6 Å². The molecule has 3 aromatic rings. The van der Waals surface area contributed by atoms with Gasteiger partial charge < -0.3 is 10.6 Å². The van der Waals surface area contributed by atoms with Crippen LogP contribution in [0.5, 0.6) is 0 Å². The number of anilines is 2. The Morgan fingerprint density at radius 3 is 2.21 bits per heavy atom. The molecule has 2 amide bonds. The van der Waals surface area contributed by atoms with Gasteiger partial charge in [0.25, 0.3) is 5.91 Å². The van der Waals surface area contributed by atoms with E-state index in [1.165, 1.54) is 18.2 Å². The van der Waals surface area contributed by atoms with Gasteiger partial charge in [0.05, 0.1) is 12.0 Å². The number of amides is 2. The molecule has 1 heterocycles. The van der Waals surface area contributed by atoms with Crippen LogP contribution in [-0.4, -0.2) is 16.8 Å². The second-order valence-corrected chi connectivity index (χ2v) is 6.19. The van der Waals surface area contributed by atoms with Gasteiger partial charge in [0.1, 0.15) is 0 Å². The number of hydrogen-bond donors (Lipinski definition) is 2. The first-order valence-electron chi connectivity index (χ1n) is 8.59. The fourth-order valence-electron chi connectivity index (χ4n) is 2.58. The maximum Gasteiger partial charge on any atom is 0.416 e. The summed E-state index contributed by atoms with van der Waals surface area (Å²) in [7, 11) is 0. The third-order valence-electron chi connectivity index (χ3n) is 3.99. The van der Waals surface area contributed by atoms with Crippen molar-refractivity contribution in [3.63, 3.8) is 0 Å². The maximum atomic E-state index is 12.6. The lowest BCUT2D eigenvalue weighted by Crippen LogP contribution is -2.16. The molecule has 5 nitrogen and oxygen atoms in total. The van der Waals surface area contributed by atoms with E-state index < -0.39 is 17.6 Å². The Hall–Kier alpha value is -3.68. The standard InChI is InChI=1S/C21H16F3N3O2/c22-21(23,24)16-6-4-14(5-7-16)12-19(28)26-18-3-1-2-15(13-18)20(29)27-17-8-10-25-11-9-17/h1-11,13H,12H2,(H,26,28)(H,25,27,29). The molecule has 0 spiro atoms. The average Bonchev–Trinajstić information content (AvgIpc) is 2.68. The first-order valence-corrected chi connectivity index (χ1v) is 8.59. The van der Waals surface area contributed by atoms with Crippen molar-refractivity contribution in [1.29, 1.82) is 0 Å². The highest BCUT2D eigenvalue weighted by molar-refractivity contribution is 6.05. The summed E-state index contributed by atoms with van der Waals surface area (Å²) in [6.07, 6.45) is -1.41. The van der Waals surface area contributed by atoms with E-state index in [2.05, 4.69) is 15.6 Å². The van der Waals surface area contributed by atoms with Gasteiger partial charge in [-0.3, -0.25) is 14.6 Å². The molecule has 29 heavy (non-hydrogen) atoms. The van der Waals surface area contributed by atoms with Crippen LogP contribution in [0.2, 0.25) is 0 Å². The van der Waals surface area contributed by atoms with Gasteiger partial charge in [-0.2, -0.15) is 13.2 Å². The van der Waals surface area contributed by atoms with E-state index in [9.17, 15) is 22.8 Å². The van der Waals surface area contributed by atoms with E-state index in [-0.39, 0.29) is 12.3 Å². The quantitative estimate of drug-likeness (QED) is 0.662. The third-order valence-corrected chi connectivity index (χ3v) is 3.99. The molecular weight excluding hydrogens is 383 g/mol. The van der Waals surface area contributed by atoms with Crippen LogP contribution in [0.3, 0.4) is 0 Å². The van der Waals surface area contributed by atoms with Crippen molar-refractivity contribution in [3.8, 4) is 0 Å². The minimum atomic E-state index is -4.42. The topological polar surface area (TPSA) is 71.1 Å². The molecule has 8 heteroatoms. The largest absolute Gasteiger partial charge is 0.416 e. The van der Waals surface area contributed by atoms with Crippen LogP contribution in [0.1, 0.15) is 21.5 Å². The van der Waals surface area contributed by atoms with Gasteiger partial charge in [-0.15, -0.1) is 0 Å². The zero-order chi connectivity index (χ0) is 20.9. The number of hydrogen-bond acceptors (Lipinski definition) is 3. The zero-order valence-electron chi connectivity index (χ0n) is 15.0. The normalized spacial score (nSPS) is 11.0.